The fourth-order valence-electron chi connectivity index (χ4n) is 3.45. The van der Waals surface area contributed by atoms with E-state index in [0.29, 0.717) is 5.92 Å². The number of hydrogen-bond donors (Lipinski definition) is 1. The van der Waals surface area contributed by atoms with E-state index in [4.69, 9.17) is 9.47 Å². The SMILES string of the molecule is CC(C)[C@@H]1CCC[C@](OC[C@@H](O)c2ccccc2)(c2ccccc2)O1. The highest BCUT2D eigenvalue weighted by atomic mass is 16.7. The summed E-state index contributed by atoms with van der Waals surface area (Å²) in [6, 6.07) is 19.8. The van der Waals surface area contributed by atoms with Crippen LogP contribution in [0.1, 0.15) is 50.3 Å². The Bertz CT molecular complexity index is 641. The first-order chi connectivity index (χ1) is 12.1. The summed E-state index contributed by atoms with van der Waals surface area (Å²) >= 11 is 0. The molecule has 134 valence electrons. The molecule has 3 rings (SSSR count). The van der Waals surface area contributed by atoms with Crippen LogP contribution in [0.2, 0.25) is 0 Å². The van der Waals surface area contributed by atoms with Crippen LogP contribution in [0.15, 0.2) is 60.7 Å². The van der Waals surface area contributed by atoms with Crippen molar-refractivity contribution in [3.63, 3.8) is 0 Å². The van der Waals surface area contributed by atoms with Gasteiger partial charge in [0.25, 0.3) is 0 Å². The fraction of sp³-hybridized carbons (Fsp3) is 0.455. The fourth-order valence-corrected chi connectivity index (χ4v) is 3.45. The lowest BCUT2D eigenvalue weighted by Gasteiger charge is -2.43. The summed E-state index contributed by atoms with van der Waals surface area (Å²) in [6.45, 7) is 4.58. The largest absolute Gasteiger partial charge is 0.386 e. The Hall–Kier alpha value is -1.68. The third kappa shape index (κ3) is 4.30. The highest BCUT2D eigenvalue weighted by molar-refractivity contribution is 5.21. The number of benzene rings is 2. The van der Waals surface area contributed by atoms with Gasteiger partial charge in [-0.3, -0.25) is 0 Å². The second kappa shape index (κ2) is 8.13. The van der Waals surface area contributed by atoms with E-state index in [9.17, 15) is 5.11 Å². The first-order valence-corrected chi connectivity index (χ1v) is 9.21. The van der Waals surface area contributed by atoms with Gasteiger partial charge in [-0.25, -0.2) is 0 Å². The van der Waals surface area contributed by atoms with Crippen LogP contribution in [0.5, 0.6) is 0 Å². The number of ether oxygens (including phenoxy) is 2. The second-order valence-electron chi connectivity index (χ2n) is 7.15. The topological polar surface area (TPSA) is 38.7 Å². The number of aliphatic hydroxyl groups excluding tert-OH is 1. The van der Waals surface area contributed by atoms with Gasteiger partial charge in [-0.05, 0) is 24.3 Å². The zero-order chi connectivity index (χ0) is 17.7. The molecule has 0 spiro atoms. The molecule has 1 fully saturated rings. The van der Waals surface area contributed by atoms with Crippen LogP contribution in [0, 0.1) is 5.92 Å². The van der Waals surface area contributed by atoms with E-state index in [-0.39, 0.29) is 12.7 Å². The minimum Gasteiger partial charge on any atom is -0.386 e. The summed E-state index contributed by atoms with van der Waals surface area (Å²) in [7, 11) is 0. The minimum atomic E-state index is -0.774. The predicted octanol–water partition coefficient (Wildman–Crippen LogP) is 4.81. The lowest BCUT2D eigenvalue weighted by atomic mass is 9.91. The van der Waals surface area contributed by atoms with Crippen molar-refractivity contribution in [1.82, 2.24) is 0 Å². The molecule has 0 aromatic heterocycles. The van der Waals surface area contributed by atoms with Crippen LogP contribution in [-0.2, 0) is 15.3 Å². The molecule has 1 N–H and O–H groups in total. The Kier molecular flexibility index (Phi) is 5.89. The van der Waals surface area contributed by atoms with Gasteiger partial charge < -0.3 is 14.6 Å². The Morgan fingerprint density at radius 2 is 1.72 bits per heavy atom. The normalized spacial score (nSPS) is 25.0. The zero-order valence-electron chi connectivity index (χ0n) is 15.1. The van der Waals surface area contributed by atoms with Crippen LogP contribution in [0.3, 0.4) is 0 Å². The lowest BCUT2D eigenvalue weighted by molar-refractivity contribution is -0.302. The molecular formula is C22H28O3. The Labute approximate surface area is 150 Å². The standard InChI is InChI=1S/C22H28O3/c1-17(2)21-14-9-15-22(25-21,19-12-7-4-8-13-19)24-16-20(23)18-10-5-3-6-11-18/h3-8,10-13,17,20-21,23H,9,14-16H2,1-2H3/t20-,21+,22-/m1/s1. The summed E-state index contributed by atoms with van der Waals surface area (Å²) in [6.07, 6.45) is 2.42. The van der Waals surface area contributed by atoms with Gasteiger partial charge in [-0.2, -0.15) is 0 Å². The molecular weight excluding hydrogens is 312 g/mol. The van der Waals surface area contributed by atoms with Crippen molar-refractivity contribution in [3.05, 3.63) is 71.8 Å². The third-order valence-corrected chi connectivity index (χ3v) is 4.95. The average Bonchev–Trinajstić information content (AvgIpc) is 2.67. The van der Waals surface area contributed by atoms with Gasteiger partial charge in [-0.1, -0.05) is 74.5 Å². The van der Waals surface area contributed by atoms with Gasteiger partial charge in [0.05, 0.1) is 12.7 Å². The Morgan fingerprint density at radius 1 is 1.08 bits per heavy atom. The molecule has 3 heteroatoms. The maximum absolute atomic E-state index is 10.5. The molecule has 2 aromatic rings. The Balaban J connectivity index is 1.80. The Morgan fingerprint density at radius 3 is 2.36 bits per heavy atom. The molecule has 2 aromatic carbocycles. The first-order valence-electron chi connectivity index (χ1n) is 9.21. The van der Waals surface area contributed by atoms with Crippen LogP contribution in [0.4, 0.5) is 0 Å². The molecule has 3 atom stereocenters. The average molecular weight is 340 g/mol. The van der Waals surface area contributed by atoms with Gasteiger partial charge >= 0.3 is 0 Å². The van der Waals surface area contributed by atoms with Crippen molar-refractivity contribution in [2.75, 3.05) is 6.61 Å². The van der Waals surface area contributed by atoms with Crippen LogP contribution in [-0.4, -0.2) is 17.8 Å². The van der Waals surface area contributed by atoms with E-state index in [0.717, 1.165) is 30.4 Å². The van der Waals surface area contributed by atoms with Crippen molar-refractivity contribution >= 4 is 0 Å². The second-order valence-corrected chi connectivity index (χ2v) is 7.15. The van der Waals surface area contributed by atoms with Crippen molar-refractivity contribution < 1.29 is 14.6 Å². The van der Waals surface area contributed by atoms with Crippen molar-refractivity contribution in [1.29, 1.82) is 0 Å². The molecule has 1 aliphatic rings. The summed E-state index contributed by atoms with van der Waals surface area (Å²) < 4.78 is 12.8. The summed E-state index contributed by atoms with van der Waals surface area (Å²) in [5, 5.41) is 10.5. The number of aliphatic hydroxyl groups is 1. The van der Waals surface area contributed by atoms with Gasteiger partial charge in [0.15, 0.2) is 5.79 Å². The lowest BCUT2D eigenvalue weighted by Crippen LogP contribution is -2.43. The van der Waals surface area contributed by atoms with Crippen LogP contribution in [0.25, 0.3) is 0 Å². The predicted molar refractivity (Wildman–Crippen MR) is 99.0 cm³/mol. The van der Waals surface area contributed by atoms with Crippen molar-refractivity contribution in [3.8, 4) is 0 Å². The quantitative estimate of drug-likeness (QED) is 0.820. The van der Waals surface area contributed by atoms with E-state index in [1.165, 1.54) is 0 Å². The molecule has 0 saturated carbocycles. The molecule has 0 amide bonds. The van der Waals surface area contributed by atoms with Crippen molar-refractivity contribution in [2.24, 2.45) is 5.92 Å². The number of hydrogen-bond acceptors (Lipinski definition) is 3. The molecule has 1 heterocycles. The van der Waals surface area contributed by atoms with Crippen molar-refractivity contribution in [2.45, 2.75) is 51.1 Å². The molecule has 0 bridgehead atoms. The van der Waals surface area contributed by atoms with Gasteiger partial charge in [0.1, 0.15) is 6.10 Å². The molecule has 3 nitrogen and oxygen atoms in total. The molecule has 0 radical (unpaired) electrons. The van der Waals surface area contributed by atoms with E-state index >= 15 is 0 Å². The summed E-state index contributed by atoms with van der Waals surface area (Å²) in [5.41, 5.74) is 1.89. The maximum Gasteiger partial charge on any atom is 0.195 e. The van der Waals surface area contributed by atoms with E-state index in [1.807, 2.05) is 48.5 Å². The van der Waals surface area contributed by atoms with Crippen LogP contribution < -0.4 is 0 Å². The third-order valence-electron chi connectivity index (χ3n) is 4.95. The van der Waals surface area contributed by atoms with Crippen LogP contribution >= 0.6 is 0 Å². The highest BCUT2D eigenvalue weighted by Crippen LogP contribution is 2.41. The maximum atomic E-state index is 10.5. The molecule has 0 unspecified atom stereocenters. The summed E-state index contributed by atoms with van der Waals surface area (Å²) in [4.78, 5) is 0. The monoisotopic (exact) mass is 340 g/mol. The van der Waals surface area contributed by atoms with Gasteiger partial charge in [0.2, 0.25) is 0 Å². The summed E-state index contributed by atoms with van der Waals surface area (Å²) in [5.74, 6) is -0.337. The highest BCUT2D eigenvalue weighted by Gasteiger charge is 2.41. The van der Waals surface area contributed by atoms with E-state index in [1.54, 1.807) is 0 Å². The van der Waals surface area contributed by atoms with Gasteiger partial charge in [0, 0.05) is 12.0 Å². The molecule has 1 aliphatic heterocycles. The smallest absolute Gasteiger partial charge is 0.195 e. The molecule has 25 heavy (non-hydrogen) atoms. The minimum absolute atomic E-state index is 0.169. The molecule has 1 saturated heterocycles. The number of rotatable bonds is 6. The molecule has 0 aliphatic carbocycles. The zero-order valence-corrected chi connectivity index (χ0v) is 15.1. The first kappa shape index (κ1) is 18.1. The van der Waals surface area contributed by atoms with Gasteiger partial charge in [-0.15, -0.1) is 0 Å². The van der Waals surface area contributed by atoms with E-state index < -0.39 is 11.9 Å². The van der Waals surface area contributed by atoms with E-state index in [2.05, 4.69) is 26.0 Å².